The number of hydrogen-bond donors (Lipinski definition) is 0. The molecule has 138 valence electrons. The molecular weight excluding hydrogens is 326 g/mol. The summed E-state index contributed by atoms with van der Waals surface area (Å²) in [7, 11) is 3.30. The highest BCUT2D eigenvalue weighted by molar-refractivity contribution is 5.94. The lowest BCUT2D eigenvalue weighted by Gasteiger charge is -2.40. The molecule has 2 aromatic rings. The third-order valence-corrected chi connectivity index (χ3v) is 5.11. The molecule has 1 aliphatic heterocycles. The first-order chi connectivity index (χ1) is 12.5. The minimum absolute atomic E-state index is 0.0207. The molecule has 0 aromatic heterocycles. The van der Waals surface area contributed by atoms with E-state index in [1.54, 1.807) is 14.2 Å². The van der Waals surface area contributed by atoms with Crippen molar-refractivity contribution in [1.82, 2.24) is 4.90 Å². The van der Waals surface area contributed by atoms with E-state index < -0.39 is 0 Å². The lowest BCUT2D eigenvalue weighted by molar-refractivity contribution is 0.0603. The standard InChI is InChI=1S/C22H27NO3/c1-14(2)21-18-13-20(26-5)19(25-4)12-17(18)10-11-23(21)22(24)16-8-6-15(3)7-9-16/h6-9,12-14,21H,10-11H2,1-5H3/t21-/m1/s1. The van der Waals surface area contributed by atoms with Gasteiger partial charge in [0.15, 0.2) is 11.5 Å². The molecule has 0 saturated heterocycles. The van der Waals surface area contributed by atoms with Crippen LogP contribution < -0.4 is 9.47 Å². The van der Waals surface area contributed by atoms with Gasteiger partial charge in [-0.3, -0.25) is 4.79 Å². The fraction of sp³-hybridized carbons (Fsp3) is 0.409. The maximum absolute atomic E-state index is 13.2. The van der Waals surface area contributed by atoms with Crippen LogP contribution in [0.2, 0.25) is 0 Å². The van der Waals surface area contributed by atoms with E-state index in [1.807, 2.05) is 42.2 Å². The van der Waals surface area contributed by atoms with E-state index in [-0.39, 0.29) is 11.9 Å². The summed E-state index contributed by atoms with van der Waals surface area (Å²) >= 11 is 0. The van der Waals surface area contributed by atoms with Gasteiger partial charge in [0.2, 0.25) is 0 Å². The Kier molecular flexibility index (Phi) is 5.21. The van der Waals surface area contributed by atoms with Gasteiger partial charge in [-0.05, 0) is 54.7 Å². The number of aryl methyl sites for hydroxylation is 1. The quantitative estimate of drug-likeness (QED) is 0.817. The van der Waals surface area contributed by atoms with Crippen LogP contribution in [0.3, 0.4) is 0 Å². The highest BCUT2D eigenvalue weighted by atomic mass is 16.5. The lowest BCUT2D eigenvalue weighted by atomic mass is 9.85. The van der Waals surface area contributed by atoms with Gasteiger partial charge in [0.05, 0.1) is 20.3 Å². The summed E-state index contributed by atoms with van der Waals surface area (Å²) in [5, 5.41) is 0. The van der Waals surface area contributed by atoms with Crippen LogP contribution in [0.25, 0.3) is 0 Å². The normalized spacial score (nSPS) is 16.4. The van der Waals surface area contributed by atoms with E-state index >= 15 is 0 Å². The molecule has 0 bridgehead atoms. The van der Waals surface area contributed by atoms with Crippen LogP contribution in [0.1, 0.15) is 46.9 Å². The number of fused-ring (bicyclic) bond motifs is 1. The molecule has 3 rings (SSSR count). The molecule has 1 amide bonds. The van der Waals surface area contributed by atoms with Crippen LogP contribution >= 0.6 is 0 Å². The predicted molar refractivity (Wildman–Crippen MR) is 103 cm³/mol. The van der Waals surface area contributed by atoms with Crippen LogP contribution in [0.5, 0.6) is 11.5 Å². The third-order valence-electron chi connectivity index (χ3n) is 5.11. The molecule has 1 heterocycles. The zero-order chi connectivity index (χ0) is 18.8. The van der Waals surface area contributed by atoms with E-state index in [0.717, 1.165) is 28.9 Å². The first kappa shape index (κ1) is 18.3. The molecule has 1 atom stereocenters. The molecule has 0 saturated carbocycles. The van der Waals surface area contributed by atoms with Crippen LogP contribution in [0, 0.1) is 12.8 Å². The number of benzene rings is 2. The van der Waals surface area contributed by atoms with Crippen molar-refractivity contribution >= 4 is 5.91 Å². The number of amides is 1. The van der Waals surface area contributed by atoms with Crippen molar-refractivity contribution in [1.29, 1.82) is 0 Å². The minimum atomic E-state index is 0.0207. The molecule has 4 heteroatoms. The number of ether oxygens (including phenoxy) is 2. The van der Waals surface area contributed by atoms with E-state index in [1.165, 1.54) is 5.56 Å². The predicted octanol–water partition coefficient (Wildman–Crippen LogP) is 4.41. The van der Waals surface area contributed by atoms with Gasteiger partial charge in [-0.2, -0.15) is 0 Å². The zero-order valence-electron chi connectivity index (χ0n) is 16.2. The number of methoxy groups -OCH3 is 2. The van der Waals surface area contributed by atoms with Crippen LogP contribution in [0.4, 0.5) is 0 Å². The average Bonchev–Trinajstić information content (AvgIpc) is 2.65. The second kappa shape index (κ2) is 7.40. The highest BCUT2D eigenvalue weighted by Gasteiger charge is 2.34. The van der Waals surface area contributed by atoms with Crippen molar-refractivity contribution in [2.45, 2.75) is 33.2 Å². The zero-order valence-corrected chi connectivity index (χ0v) is 16.2. The van der Waals surface area contributed by atoms with Crippen LogP contribution in [-0.4, -0.2) is 31.6 Å². The number of nitrogens with zero attached hydrogens (tertiary/aromatic N) is 1. The lowest BCUT2D eigenvalue weighted by Crippen LogP contribution is -2.42. The Morgan fingerprint density at radius 1 is 1.08 bits per heavy atom. The maximum Gasteiger partial charge on any atom is 0.254 e. The largest absolute Gasteiger partial charge is 0.493 e. The molecule has 0 fully saturated rings. The molecule has 0 radical (unpaired) electrons. The van der Waals surface area contributed by atoms with Gasteiger partial charge in [-0.1, -0.05) is 31.5 Å². The van der Waals surface area contributed by atoms with Crippen molar-refractivity contribution in [3.8, 4) is 11.5 Å². The van der Waals surface area contributed by atoms with Gasteiger partial charge in [0.25, 0.3) is 5.91 Å². The number of carbonyl (C=O) groups is 1. The maximum atomic E-state index is 13.2. The number of carbonyl (C=O) groups excluding carboxylic acids is 1. The van der Waals surface area contributed by atoms with Gasteiger partial charge >= 0.3 is 0 Å². The SMILES string of the molecule is COc1cc2c(cc1OC)[C@@H](C(C)C)N(C(=O)c1ccc(C)cc1)CC2. The van der Waals surface area contributed by atoms with Gasteiger partial charge in [-0.15, -0.1) is 0 Å². The third kappa shape index (κ3) is 3.28. The van der Waals surface area contributed by atoms with E-state index in [4.69, 9.17) is 9.47 Å². The summed E-state index contributed by atoms with van der Waals surface area (Å²) in [6.45, 7) is 7.05. The number of hydrogen-bond acceptors (Lipinski definition) is 3. The summed E-state index contributed by atoms with van der Waals surface area (Å²) in [4.78, 5) is 15.2. The fourth-order valence-electron chi connectivity index (χ4n) is 3.79. The Hall–Kier alpha value is -2.49. The van der Waals surface area contributed by atoms with E-state index in [0.29, 0.717) is 18.2 Å². The second-order valence-corrected chi connectivity index (χ2v) is 7.21. The summed E-state index contributed by atoms with van der Waals surface area (Å²) < 4.78 is 10.9. The first-order valence-corrected chi connectivity index (χ1v) is 9.08. The average molecular weight is 353 g/mol. The minimum Gasteiger partial charge on any atom is -0.493 e. The van der Waals surface area contributed by atoms with Gasteiger partial charge in [0, 0.05) is 12.1 Å². The molecule has 0 N–H and O–H groups in total. The summed E-state index contributed by atoms with van der Waals surface area (Å²) in [5.74, 6) is 1.83. The molecule has 26 heavy (non-hydrogen) atoms. The van der Waals surface area contributed by atoms with Crippen molar-refractivity contribution in [2.75, 3.05) is 20.8 Å². The van der Waals surface area contributed by atoms with Crippen molar-refractivity contribution < 1.29 is 14.3 Å². The smallest absolute Gasteiger partial charge is 0.254 e. The van der Waals surface area contributed by atoms with Gasteiger partial charge in [0.1, 0.15) is 0 Å². The Bertz CT molecular complexity index is 796. The molecule has 2 aromatic carbocycles. The molecule has 0 unspecified atom stereocenters. The van der Waals surface area contributed by atoms with E-state index in [9.17, 15) is 4.79 Å². The summed E-state index contributed by atoms with van der Waals surface area (Å²) in [5.41, 5.74) is 4.28. The Labute approximate surface area is 155 Å². The van der Waals surface area contributed by atoms with Crippen molar-refractivity contribution in [2.24, 2.45) is 5.92 Å². The van der Waals surface area contributed by atoms with Crippen molar-refractivity contribution in [3.05, 3.63) is 58.7 Å². The number of rotatable bonds is 4. The molecular formula is C22H27NO3. The van der Waals surface area contributed by atoms with Crippen molar-refractivity contribution in [3.63, 3.8) is 0 Å². The molecule has 1 aliphatic rings. The fourth-order valence-corrected chi connectivity index (χ4v) is 3.79. The Morgan fingerprint density at radius 2 is 1.69 bits per heavy atom. The highest BCUT2D eigenvalue weighted by Crippen LogP contribution is 2.41. The summed E-state index contributed by atoms with van der Waals surface area (Å²) in [6, 6.07) is 11.9. The second-order valence-electron chi connectivity index (χ2n) is 7.21. The van der Waals surface area contributed by atoms with Crippen LogP contribution in [0.15, 0.2) is 36.4 Å². The van der Waals surface area contributed by atoms with Gasteiger partial charge < -0.3 is 14.4 Å². The molecule has 0 spiro atoms. The first-order valence-electron chi connectivity index (χ1n) is 9.08. The monoisotopic (exact) mass is 353 g/mol. The van der Waals surface area contributed by atoms with Crippen LogP contribution in [-0.2, 0) is 6.42 Å². The summed E-state index contributed by atoms with van der Waals surface area (Å²) in [6.07, 6.45) is 0.816. The Morgan fingerprint density at radius 3 is 2.27 bits per heavy atom. The molecule has 0 aliphatic carbocycles. The molecule has 4 nitrogen and oxygen atoms in total. The van der Waals surface area contributed by atoms with Gasteiger partial charge in [-0.25, -0.2) is 0 Å². The Balaban J connectivity index is 2.02. The topological polar surface area (TPSA) is 38.8 Å². The van der Waals surface area contributed by atoms with E-state index in [2.05, 4.69) is 19.9 Å².